The van der Waals surface area contributed by atoms with E-state index in [1.54, 1.807) is 6.20 Å². The Balaban J connectivity index is 1.18. The van der Waals surface area contributed by atoms with Gasteiger partial charge >= 0.3 is 0 Å². The first-order chi connectivity index (χ1) is 14.2. The van der Waals surface area contributed by atoms with Gasteiger partial charge in [0.05, 0.1) is 17.1 Å². The van der Waals surface area contributed by atoms with Crippen LogP contribution in [0.4, 0.5) is 5.82 Å². The molecule has 3 aromatic rings. The molecule has 1 aliphatic heterocycles. The van der Waals surface area contributed by atoms with E-state index in [4.69, 9.17) is 4.52 Å². The number of nitrogens with zero attached hydrogens (tertiary/aromatic N) is 5. The molecule has 1 fully saturated rings. The lowest BCUT2D eigenvalue weighted by molar-refractivity contribution is 0.0896. The molecule has 7 heteroatoms. The zero-order chi connectivity index (χ0) is 19.8. The van der Waals surface area contributed by atoms with Crippen LogP contribution in [0.15, 0.2) is 35.0 Å². The molecule has 2 aromatic heterocycles. The number of hydrogen-bond acceptors (Lipinski definition) is 6. The summed E-state index contributed by atoms with van der Waals surface area (Å²) in [5.41, 5.74) is 2.79. The highest BCUT2D eigenvalue weighted by Crippen LogP contribution is 2.28. The molecule has 1 aliphatic carbocycles. The van der Waals surface area contributed by atoms with Gasteiger partial charge in [0.25, 0.3) is 0 Å². The Kier molecular flexibility index (Phi) is 4.83. The van der Waals surface area contributed by atoms with Crippen LogP contribution in [0.1, 0.15) is 35.3 Å². The molecule has 0 amide bonds. The lowest BCUT2D eigenvalue weighted by Crippen LogP contribution is -2.47. The second-order valence-corrected chi connectivity index (χ2v) is 8.20. The van der Waals surface area contributed by atoms with Crippen LogP contribution >= 0.6 is 0 Å². The molecule has 7 nitrogen and oxygen atoms in total. The third-order valence-corrected chi connectivity index (χ3v) is 6.49. The predicted octanol–water partition coefficient (Wildman–Crippen LogP) is 2.91. The summed E-state index contributed by atoms with van der Waals surface area (Å²) in [7, 11) is 1.93. The summed E-state index contributed by atoms with van der Waals surface area (Å²) in [4.78, 5) is 17.7. The zero-order valence-corrected chi connectivity index (χ0v) is 16.9. The van der Waals surface area contributed by atoms with Crippen LogP contribution < -0.4 is 4.90 Å². The first-order valence-corrected chi connectivity index (χ1v) is 10.6. The number of rotatable bonds is 4. The summed E-state index contributed by atoms with van der Waals surface area (Å²) in [6.45, 7) is 4.81. The van der Waals surface area contributed by atoms with Crippen LogP contribution in [-0.4, -0.2) is 58.3 Å². The van der Waals surface area contributed by atoms with Crippen LogP contribution in [0.3, 0.4) is 0 Å². The van der Waals surface area contributed by atoms with E-state index >= 15 is 0 Å². The Morgan fingerprint density at radius 3 is 2.86 bits per heavy atom. The van der Waals surface area contributed by atoms with E-state index in [9.17, 15) is 4.79 Å². The molecule has 1 saturated heterocycles. The maximum absolute atomic E-state index is 13.0. The minimum atomic E-state index is 0.123. The minimum absolute atomic E-state index is 0.123. The average molecular weight is 393 g/mol. The topological polar surface area (TPSA) is 67.4 Å². The first-order valence-electron chi connectivity index (χ1n) is 10.6. The predicted molar refractivity (Wildman–Crippen MR) is 111 cm³/mol. The van der Waals surface area contributed by atoms with Crippen molar-refractivity contribution in [1.82, 2.24) is 19.8 Å². The van der Waals surface area contributed by atoms with Crippen molar-refractivity contribution >= 4 is 22.6 Å². The molecule has 0 spiro atoms. The van der Waals surface area contributed by atoms with Crippen molar-refractivity contribution in [2.24, 2.45) is 13.0 Å². The van der Waals surface area contributed by atoms with Crippen molar-refractivity contribution in [3.8, 4) is 0 Å². The van der Waals surface area contributed by atoms with E-state index in [2.05, 4.69) is 26.1 Å². The Morgan fingerprint density at radius 1 is 1.17 bits per heavy atom. The summed E-state index contributed by atoms with van der Waals surface area (Å²) in [6, 6.07) is 8.02. The molecule has 152 valence electrons. The van der Waals surface area contributed by atoms with Crippen LogP contribution in [0.25, 0.3) is 11.0 Å². The quantitative estimate of drug-likeness (QED) is 0.635. The lowest BCUT2D eigenvalue weighted by atomic mass is 9.93. The second-order valence-electron chi connectivity index (χ2n) is 8.20. The minimum Gasteiger partial charge on any atom is -0.354 e. The van der Waals surface area contributed by atoms with Crippen molar-refractivity contribution in [3.05, 3.63) is 41.7 Å². The van der Waals surface area contributed by atoms with E-state index in [1.165, 1.54) is 0 Å². The SMILES string of the molecule is Cn1ncc2c1CCCC(CCN1CCN(c3noc4ccccc34)CC1)C2=O. The van der Waals surface area contributed by atoms with Gasteiger partial charge in [-0.25, -0.2) is 0 Å². The molecule has 2 aliphatic rings. The Labute approximate surface area is 170 Å². The summed E-state index contributed by atoms with van der Waals surface area (Å²) < 4.78 is 7.32. The summed E-state index contributed by atoms with van der Waals surface area (Å²) in [6.07, 6.45) is 5.70. The van der Waals surface area contributed by atoms with Gasteiger partial charge in [0.2, 0.25) is 0 Å². The maximum atomic E-state index is 13.0. The molecular weight excluding hydrogens is 366 g/mol. The smallest absolute Gasteiger partial charge is 0.180 e. The molecule has 29 heavy (non-hydrogen) atoms. The number of piperazine rings is 1. The molecule has 0 N–H and O–H groups in total. The van der Waals surface area contributed by atoms with Gasteiger partial charge in [-0.05, 0) is 44.4 Å². The highest BCUT2D eigenvalue weighted by Gasteiger charge is 2.29. The molecule has 0 radical (unpaired) electrons. The monoisotopic (exact) mass is 393 g/mol. The lowest BCUT2D eigenvalue weighted by Gasteiger charge is -2.35. The third-order valence-electron chi connectivity index (χ3n) is 6.49. The fourth-order valence-corrected chi connectivity index (χ4v) is 4.73. The fourth-order valence-electron chi connectivity index (χ4n) is 4.73. The molecular formula is C22H27N5O2. The Bertz CT molecular complexity index is 1020. The van der Waals surface area contributed by atoms with Gasteiger partial charge in [-0.1, -0.05) is 17.3 Å². The number of anilines is 1. The van der Waals surface area contributed by atoms with E-state index in [0.29, 0.717) is 5.78 Å². The van der Waals surface area contributed by atoms with Crippen LogP contribution in [0.2, 0.25) is 0 Å². The van der Waals surface area contributed by atoms with Gasteiger partial charge in [0, 0.05) is 44.8 Å². The molecule has 0 bridgehead atoms. The summed E-state index contributed by atoms with van der Waals surface area (Å²) >= 11 is 0. The number of aryl methyl sites for hydroxylation is 1. The molecule has 1 atom stereocenters. The van der Waals surface area contributed by atoms with Crippen molar-refractivity contribution in [2.45, 2.75) is 25.7 Å². The summed E-state index contributed by atoms with van der Waals surface area (Å²) in [5, 5.41) is 9.66. The number of benzene rings is 1. The van der Waals surface area contributed by atoms with Crippen molar-refractivity contribution in [3.63, 3.8) is 0 Å². The summed E-state index contributed by atoms with van der Waals surface area (Å²) in [5.74, 6) is 1.36. The number of aromatic nitrogens is 3. The van der Waals surface area contributed by atoms with E-state index in [-0.39, 0.29) is 5.92 Å². The molecule has 0 saturated carbocycles. The second kappa shape index (κ2) is 7.63. The van der Waals surface area contributed by atoms with Crippen molar-refractivity contribution in [1.29, 1.82) is 0 Å². The number of Topliss-reactive ketones (excluding diaryl/α,β-unsaturated/α-hetero) is 1. The van der Waals surface area contributed by atoms with Crippen LogP contribution in [0, 0.1) is 5.92 Å². The fraction of sp³-hybridized carbons (Fsp3) is 0.500. The van der Waals surface area contributed by atoms with Crippen molar-refractivity contribution < 1.29 is 9.32 Å². The largest absolute Gasteiger partial charge is 0.354 e. The van der Waals surface area contributed by atoms with E-state index in [0.717, 1.165) is 86.5 Å². The molecule has 1 aromatic carbocycles. The molecule has 1 unspecified atom stereocenters. The number of ketones is 1. The van der Waals surface area contributed by atoms with Gasteiger partial charge in [-0.15, -0.1) is 0 Å². The normalized spacial score (nSPS) is 20.8. The zero-order valence-electron chi connectivity index (χ0n) is 16.9. The first kappa shape index (κ1) is 18.4. The highest BCUT2D eigenvalue weighted by molar-refractivity contribution is 5.99. The van der Waals surface area contributed by atoms with Gasteiger partial charge in [0.1, 0.15) is 0 Å². The number of fused-ring (bicyclic) bond motifs is 2. The van der Waals surface area contributed by atoms with Crippen molar-refractivity contribution in [2.75, 3.05) is 37.6 Å². The van der Waals surface area contributed by atoms with Gasteiger partial charge in [0.15, 0.2) is 17.2 Å². The number of hydrogen-bond donors (Lipinski definition) is 0. The highest BCUT2D eigenvalue weighted by atomic mass is 16.5. The number of carbonyl (C=O) groups excluding carboxylic acids is 1. The van der Waals surface area contributed by atoms with Gasteiger partial charge < -0.3 is 9.42 Å². The van der Waals surface area contributed by atoms with Gasteiger partial charge in [-0.2, -0.15) is 5.10 Å². The number of carbonyl (C=O) groups is 1. The van der Waals surface area contributed by atoms with Crippen LogP contribution in [0.5, 0.6) is 0 Å². The Hall–Kier alpha value is -2.67. The standard InChI is InChI=1S/C22H27N5O2/c1-25-19-7-4-5-16(21(28)18(19)15-23-25)9-10-26-11-13-27(14-12-26)22-17-6-2-3-8-20(17)29-24-22/h2-3,6,8,15-16H,4-5,7,9-14H2,1H3. The maximum Gasteiger partial charge on any atom is 0.180 e. The molecule has 3 heterocycles. The van der Waals surface area contributed by atoms with Crippen LogP contribution in [-0.2, 0) is 13.5 Å². The average Bonchev–Trinajstić information content (AvgIpc) is 3.30. The van der Waals surface area contributed by atoms with E-state index in [1.807, 2.05) is 29.9 Å². The third kappa shape index (κ3) is 3.44. The van der Waals surface area contributed by atoms with Gasteiger partial charge in [-0.3, -0.25) is 14.4 Å². The number of para-hydroxylation sites is 1. The van der Waals surface area contributed by atoms with E-state index < -0.39 is 0 Å². The molecule has 5 rings (SSSR count). The Morgan fingerprint density at radius 2 is 2.00 bits per heavy atom.